The summed E-state index contributed by atoms with van der Waals surface area (Å²) in [5.74, 6) is 0. The van der Waals surface area contributed by atoms with Crippen LogP contribution in [0.4, 0.5) is 0 Å². The van der Waals surface area contributed by atoms with Gasteiger partial charge in [-0.25, -0.2) is 0 Å². The molecule has 0 spiro atoms. The molecule has 0 bridgehead atoms. The molecule has 4 heteroatoms. The topological polar surface area (TPSA) is 35.0 Å². The van der Waals surface area contributed by atoms with E-state index in [0.29, 0.717) is 0 Å². The van der Waals surface area contributed by atoms with E-state index in [2.05, 4.69) is 0 Å². The van der Waals surface area contributed by atoms with Crippen LogP contribution in [0.25, 0.3) is 0 Å². The van der Waals surface area contributed by atoms with Crippen molar-refractivity contribution in [3.05, 3.63) is 0 Å². The van der Waals surface area contributed by atoms with Gasteiger partial charge in [-0.3, -0.25) is 0 Å². The maximum atomic E-state index is 0. The second kappa shape index (κ2) is 31.5. The van der Waals surface area contributed by atoms with Crippen LogP contribution in [0.2, 0.25) is 0 Å². The molecule has 0 heterocycles. The monoisotopic (exact) mass is 97.0 g/mol. The first-order chi connectivity index (χ1) is 0. The molecular weight excluding hydrogens is 91.9 g/mol. The molecule has 0 fully saturated rings. The summed E-state index contributed by atoms with van der Waals surface area (Å²) in [5.41, 5.74) is 0. The SMILES string of the molecule is Cl.Cl.N.[LiH]. The molecule has 0 atom stereocenters. The van der Waals surface area contributed by atoms with Crippen LogP contribution in [0, 0.1) is 0 Å². The molecule has 4 heavy (non-hydrogen) atoms. The quantitative estimate of drug-likeness (QED) is 0.436. The molecule has 0 aromatic rings. The summed E-state index contributed by atoms with van der Waals surface area (Å²) in [6.07, 6.45) is 0. The number of hydrogen-bond acceptors (Lipinski definition) is 1. The molecule has 0 aromatic carbocycles. The minimum absolute atomic E-state index is 0. The van der Waals surface area contributed by atoms with Gasteiger partial charge in [-0.2, -0.15) is 0 Å². The zero-order valence-corrected chi connectivity index (χ0v) is 3.16. The summed E-state index contributed by atoms with van der Waals surface area (Å²) in [6.45, 7) is 0. The Morgan fingerprint density at radius 3 is 0.750 bits per heavy atom. The fourth-order valence-corrected chi connectivity index (χ4v) is 0. The van der Waals surface area contributed by atoms with Crippen LogP contribution < -0.4 is 6.15 Å². The third kappa shape index (κ3) is 11.1. The Morgan fingerprint density at radius 1 is 0.750 bits per heavy atom. The third-order valence-corrected chi connectivity index (χ3v) is 0. The molecule has 0 aliphatic carbocycles. The third-order valence-electron chi connectivity index (χ3n) is 0. The summed E-state index contributed by atoms with van der Waals surface area (Å²) in [5, 5.41) is 0. The first kappa shape index (κ1) is 68.0. The first-order valence-electron chi connectivity index (χ1n) is 0. The van der Waals surface area contributed by atoms with Crippen molar-refractivity contribution in [1.82, 2.24) is 6.15 Å². The summed E-state index contributed by atoms with van der Waals surface area (Å²) in [7, 11) is 0. The summed E-state index contributed by atoms with van der Waals surface area (Å²) >= 11 is 0. The molecule has 26 valence electrons. The predicted octanol–water partition coefficient (Wildman–Crippen LogP) is 0.357. The van der Waals surface area contributed by atoms with Crippen LogP contribution in [0.1, 0.15) is 0 Å². The van der Waals surface area contributed by atoms with Crippen molar-refractivity contribution in [2.24, 2.45) is 0 Å². The molecular formula is H6Cl2LiN. The zero-order chi connectivity index (χ0) is 0. The summed E-state index contributed by atoms with van der Waals surface area (Å²) in [4.78, 5) is 0. The molecule has 0 unspecified atom stereocenters. The molecule has 0 aliphatic heterocycles. The van der Waals surface area contributed by atoms with E-state index in [1.54, 1.807) is 0 Å². The fourth-order valence-electron chi connectivity index (χ4n) is 0. The predicted molar refractivity (Wildman–Crippen MR) is 26.7 cm³/mol. The fraction of sp³-hybridized carbons (Fsp3) is 0. The number of halogens is 2. The molecule has 0 rings (SSSR count). The average Bonchev–Trinajstić information content (AvgIpc) is 0. The van der Waals surface area contributed by atoms with Gasteiger partial charge in [-0.15, -0.1) is 24.8 Å². The van der Waals surface area contributed by atoms with Crippen molar-refractivity contribution in [3.63, 3.8) is 0 Å². The van der Waals surface area contributed by atoms with Gasteiger partial charge in [-0.05, 0) is 0 Å². The Labute approximate surface area is 50.1 Å². The van der Waals surface area contributed by atoms with E-state index in [1.165, 1.54) is 0 Å². The van der Waals surface area contributed by atoms with Gasteiger partial charge < -0.3 is 6.15 Å². The van der Waals surface area contributed by atoms with Gasteiger partial charge in [0.05, 0.1) is 0 Å². The summed E-state index contributed by atoms with van der Waals surface area (Å²) < 4.78 is 0. The zero-order valence-electron chi connectivity index (χ0n) is 1.52. The second-order valence-electron chi connectivity index (χ2n) is 0. The van der Waals surface area contributed by atoms with E-state index in [-0.39, 0.29) is 49.8 Å². The van der Waals surface area contributed by atoms with Gasteiger partial charge in [0, 0.05) is 0 Å². The van der Waals surface area contributed by atoms with E-state index in [4.69, 9.17) is 0 Å². The van der Waals surface area contributed by atoms with E-state index >= 15 is 0 Å². The van der Waals surface area contributed by atoms with Crippen molar-refractivity contribution in [2.75, 3.05) is 0 Å². The molecule has 0 aliphatic rings. The van der Waals surface area contributed by atoms with Crippen molar-refractivity contribution < 1.29 is 0 Å². The minimum atomic E-state index is 0. The maximum absolute atomic E-state index is 0. The molecule has 1 nitrogen and oxygen atoms in total. The standard InChI is InChI=1S/2ClH.Li.H3N.H/h2*1H;;1H3;. The average molecular weight is 97.9 g/mol. The molecule has 0 aromatic heterocycles. The van der Waals surface area contributed by atoms with Crippen molar-refractivity contribution in [1.29, 1.82) is 0 Å². The summed E-state index contributed by atoms with van der Waals surface area (Å²) in [6, 6.07) is 0. The first-order valence-corrected chi connectivity index (χ1v) is 0. The Morgan fingerprint density at radius 2 is 0.750 bits per heavy atom. The Bertz CT molecular complexity index is 6.00. The van der Waals surface area contributed by atoms with E-state index in [1.807, 2.05) is 0 Å². The molecule has 0 radical (unpaired) electrons. The van der Waals surface area contributed by atoms with Crippen molar-refractivity contribution >= 4 is 43.7 Å². The van der Waals surface area contributed by atoms with Crippen molar-refractivity contribution in [3.8, 4) is 0 Å². The van der Waals surface area contributed by atoms with Crippen LogP contribution in [0.3, 0.4) is 0 Å². The molecule has 0 saturated heterocycles. The van der Waals surface area contributed by atoms with Gasteiger partial charge in [0.15, 0.2) is 0 Å². The Hall–Kier alpha value is 1.14. The second-order valence-corrected chi connectivity index (χ2v) is 0. The van der Waals surface area contributed by atoms with Crippen LogP contribution in [-0.4, -0.2) is 18.9 Å². The van der Waals surface area contributed by atoms with Gasteiger partial charge in [0.1, 0.15) is 0 Å². The van der Waals surface area contributed by atoms with Crippen LogP contribution >= 0.6 is 24.8 Å². The van der Waals surface area contributed by atoms with E-state index in [0.717, 1.165) is 0 Å². The van der Waals surface area contributed by atoms with Gasteiger partial charge >= 0.3 is 18.9 Å². The molecule has 3 N–H and O–H groups in total. The van der Waals surface area contributed by atoms with Crippen LogP contribution in [0.15, 0.2) is 0 Å². The number of rotatable bonds is 0. The van der Waals surface area contributed by atoms with Crippen LogP contribution in [0.5, 0.6) is 0 Å². The van der Waals surface area contributed by atoms with Gasteiger partial charge in [-0.1, -0.05) is 0 Å². The van der Waals surface area contributed by atoms with E-state index < -0.39 is 0 Å². The Kier molecular flexibility index (Phi) is 535. The van der Waals surface area contributed by atoms with Crippen molar-refractivity contribution in [2.45, 2.75) is 0 Å². The number of hydrogen-bond donors (Lipinski definition) is 1. The molecule has 0 amide bonds. The van der Waals surface area contributed by atoms with Gasteiger partial charge in [0.2, 0.25) is 0 Å². The Balaban J connectivity index is 0. The van der Waals surface area contributed by atoms with Crippen LogP contribution in [-0.2, 0) is 0 Å². The molecule has 0 saturated carbocycles. The van der Waals surface area contributed by atoms with E-state index in [9.17, 15) is 0 Å². The van der Waals surface area contributed by atoms with Gasteiger partial charge in [0.25, 0.3) is 0 Å². The normalized spacial score (nSPS) is 0.